The van der Waals surface area contributed by atoms with E-state index in [2.05, 4.69) is 21.5 Å². The molecule has 10 heteroatoms. The van der Waals surface area contributed by atoms with Gasteiger partial charge in [-0.25, -0.2) is 15.0 Å². The highest BCUT2D eigenvalue weighted by molar-refractivity contribution is 6.67. The Kier molecular flexibility index (Phi) is 6.12. The highest BCUT2D eigenvalue weighted by Crippen LogP contribution is 2.40. The summed E-state index contributed by atoms with van der Waals surface area (Å²) in [5, 5.41) is 0. The van der Waals surface area contributed by atoms with E-state index in [0.29, 0.717) is 16.9 Å². The molecule has 0 saturated carbocycles. The van der Waals surface area contributed by atoms with Crippen LogP contribution >= 0.6 is 69.6 Å². The third kappa shape index (κ3) is 4.78. The molecular weight excluding hydrogens is 439 g/mol. The molecule has 0 fully saturated rings. The third-order valence-electron chi connectivity index (χ3n) is 2.85. The summed E-state index contributed by atoms with van der Waals surface area (Å²) in [6.45, 7) is 3.94. The Bertz CT molecular complexity index is 720. The molecule has 1 aromatic heterocycles. The zero-order chi connectivity index (χ0) is 18.1. The molecule has 0 aliphatic rings. The van der Waals surface area contributed by atoms with Crippen molar-refractivity contribution >= 4 is 75.2 Å². The maximum Gasteiger partial charge on any atom is 0.250 e. The van der Waals surface area contributed by atoms with E-state index in [0.717, 1.165) is 0 Å². The standard InChI is InChI=1S/C14H9Cl6N3O/c1-7(8-3-5-9(24-2)6-4-8)10-21-11(13(15,16)17)23-12(22-10)14(18,19)20/h3-6H,1H2,2H3. The lowest BCUT2D eigenvalue weighted by Crippen LogP contribution is -2.18. The zero-order valence-electron chi connectivity index (χ0n) is 12.0. The van der Waals surface area contributed by atoms with Crippen LogP contribution in [0.2, 0.25) is 0 Å². The topological polar surface area (TPSA) is 47.9 Å². The molecule has 0 atom stereocenters. The van der Waals surface area contributed by atoms with Gasteiger partial charge in [-0.3, -0.25) is 0 Å². The molecule has 0 unspecified atom stereocenters. The molecule has 2 rings (SSSR count). The van der Waals surface area contributed by atoms with Gasteiger partial charge < -0.3 is 4.74 Å². The Morgan fingerprint density at radius 1 is 0.875 bits per heavy atom. The molecule has 4 nitrogen and oxygen atoms in total. The fourth-order valence-corrected chi connectivity index (χ4v) is 2.19. The molecule has 24 heavy (non-hydrogen) atoms. The smallest absolute Gasteiger partial charge is 0.250 e. The molecule has 0 radical (unpaired) electrons. The van der Waals surface area contributed by atoms with Crippen LogP contribution in [0.3, 0.4) is 0 Å². The first-order valence-electron chi connectivity index (χ1n) is 6.26. The predicted molar refractivity (Wildman–Crippen MR) is 99.4 cm³/mol. The van der Waals surface area contributed by atoms with Crippen LogP contribution in [0, 0.1) is 0 Å². The second kappa shape index (κ2) is 7.40. The van der Waals surface area contributed by atoms with Crippen molar-refractivity contribution in [2.75, 3.05) is 7.11 Å². The van der Waals surface area contributed by atoms with Gasteiger partial charge in [0.05, 0.1) is 7.11 Å². The van der Waals surface area contributed by atoms with Crippen molar-refractivity contribution in [1.29, 1.82) is 0 Å². The van der Waals surface area contributed by atoms with E-state index in [4.69, 9.17) is 74.3 Å². The molecule has 128 valence electrons. The molecule has 1 heterocycles. The summed E-state index contributed by atoms with van der Waals surface area (Å²) in [7, 11) is 1.57. The highest BCUT2D eigenvalue weighted by Gasteiger charge is 2.34. The van der Waals surface area contributed by atoms with Gasteiger partial charge in [0, 0.05) is 5.57 Å². The van der Waals surface area contributed by atoms with E-state index in [9.17, 15) is 0 Å². The van der Waals surface area contributed by atoms with Gasteiger partial charge in [-0.05, 0) is 17.7 Å². The SMILES string of the molecule is C=C(c1ccc(OC)cc1)c1nc(C(Cl)(Cl)Cl)nc(C(Cl)(Cl)Cl)n1. The summed E-state index contributed by atoms with van der Waals surface area (Å²) < 4.78 is 1.28. The fraction of sp³-hybridized carbons (Fsp3) is 0.214. The molecule has 0 amide bonds. The van der Waals surface area contributed by atoms with Crippen molar-refractivity contribution < 1.29 is 4.74 Å². The highest BCUT2D eigenvalue weighted by atomic mass is 35.6. The van der Waals surface area contributed by atoms with Crippen LogP contribution in [0.25, 0.3) is 5.57 Å². The average Bonchev–Trinajstić information content (AvgIpc) is 2.52. The summed E-state index contributed by atoms with van der Waals surface area (Å²) in [4.78, 5) is 12.1. The van der Waals surface area contributed by atoms with E-state index < -0.39 is 7.59 Å². The van der Waals surface area contributed by atoms with Gasteiger partial charge in [0.2, 0.25) is 7.59 Å². The van der Waals surface area contributed by atoms with Crippen LogP contribution in [0.4, 0.5) is 0 Å². The molecule has 2 aromatic rings. The summed E-state index contributed by atoms with van der Waals surface area (Å²) >= 11 is 35.1. The average molecular weight is 448 g/mol. The van der Waals surface area contributed by atoms with Gasteiger partial charge in [-0.2, -0.15) is 0 Å². The Morgan fingerprint density at radius 2 is 1.33 bits per heavy atom. The first kappa shape index (κ1) is 19.8. The lowest BCUT2D eigenvalue weighted by Gasteiger charge is -2.16. The first-order valence-corrected chi connectivity index (χ1v) is 8.53. The maximum atomic E-state index is 5.85. The Morgan fingerprint density at radius 3 is 1.71 bits per heavy atom. The minimum Gasteiger partial charge on any atom is -0.497 e. The molecule has 0 aliphatic heterocycles. The maximum absolute atomic E-state index is 5.85. The minimum atomic E-state index is -1.91. The van der Waals surface area contributed by atoms with Crippen LogP contribution in [0.15, 0.2) is 30.8 Å². The van der Waals surface area contributed by atoms with Crippen molar-refractivity contribution in [2.45, 2.75) is 7.59 Å². The van der Waals surface area contributed by atoms with Crippen LogP contribution in [0.1, 0.15) is 23.0 Å². The lowest BCUT2D eigenvalue weighted by atomic mass is 10.1. The molecule has 1 aromatic carbocycles. The summed E-state index contributed by atoms with van der Waals surface area (Å²) in [5.74, 6) is 0.464. The number of benzene rings is 1. The summed E-state index contributed by atoms with van der Waals surface area (Å²) in [6, 6.07) is 7.06. The number of methoxy groups -OCH3 is 1. The molecule has 0 spiro atoms. The second-order valence-electron chi connectivity index (χ2n) is 4.51. The monoisotopic (exact) mass is 445 g/mol. The molecule has 0 bridgehead atoms. The van der Waals surface area contributed by atoms with Gasteiger partial charge in [0.1, 0.15) is 5.75 Å². The fourth-order valence-electron chi connectivity index (χ4n) is 1.69. The van der Waals surface area contributed by atoms with E-state index in [1.165, 1.54) is 0 Å². The Labute approximate surface area is 168 Å². The van der Waals surface area contributed by atoms with Crippen molar-refractivity contribution in [1.82, 2.24) is 15.0 Å². The second-order valence-corrected chi connectivity index (χ2v) is 9.07. The van der Waals surface area contributed by atoms with Crippen molar-refractivity contribution in [3.63, 3.8) is 0 Å². The number of ether oxygens (including phenoxy) is 1. The Balaban J connectivity index is 2.53. The van der Waals surface area contributed by atoms with Crippen LogP contribution in [-0.4, -0.2) is 22.1 Å². The molecule has 0 saturated heterocycles. The van der Waals surface area contributed by atoms with Crippen LogP contribution in [-0.2, 0) is 7.59 Å². The quantitative estimate of drug-likeness (QED) is 0.575. The van der Waals surface area contributed by atoms with Gasteiger partial charge in [0.25, 0.3) is 0 Å². The van der Waals surface area contributed by atoms with E-state index >= 15 is 0 Å². The number of hydrogen-bond donors (Lipinski definition) is 0. The van der Waals surface area contributed by atoms with Gasteiger partial charge in [-0.1, -0.05) is 88.3 Å². The number of rotatable bonds is 3. The van der Waals surface area contributed by atoms with Crippen LogP contribution in [0.5, 0.6) is 5.75 Å². The number of hydrogen-bond acceptors (Lipinski definition) is 4. The largest absolute Gasteiger partial charge is 0.497 e. The number of alkyl halides is 6. The zero-order valence-corrected chi connectivity index (χ0v) is 16.6. The van der Waals surface area contributed by atoms with Gasteiger partial charge >= 0.3 is 0 Å². The summed E-state index contributed by atoms with van der Waals surface area (Å²) in [6.07, 6.45) is 0. The summed E-state index contributed by atoms with van der Waals surface area (Å²) in [5.41, 5.74) is 1.15. The van der Waals surface area contributed by atoms with E-state index in [-0.39, 0.29) is 17.5 Å². The normalized spacial score (nSPS) is 12.1. The van der Waals surface area contributed by atoms with Crippen molar-refractivity contribution in [2.24, 2.45) is 0 Å². The first-order chi connectivity index (χ1) is 11.0. The number of halogens is 6. The van der Waals surface area contributed by atoms with Crippen molar-refractivity contribution in [3.05, 3.63) is 53.9 Å². The molecular formula is C14H9Cl6N3O. The number of nitrogens with zero attached hydrogens (tertiary/aromatic N) is 3. The third-order valence-corrected chi connectivity index (χ3v) is 3.87. The van der Waals surface area contributed by atoms with Crippen molar-refractivity contribution in [3.8, 4) is 5.75 Å². The van der Waals surface area contributed by atoms with E-state index in [1.807, 2.05) is 0 Å². The Hall–Kier alpha value is -0.490. The van der Waals surface area contributed by atoms with E-state index in [1.54, 1.807) is 31.4 Å². The van der Waals surface area contributed by atoms with Crippen LogP contribution < -0.4 is 4.74 Å². The van der Waals surface area contributed by atoms with Gasteiger partial charge in [-0.15, -0.1) is 0 Å². The predicted octanol–water partition coefficient (Wildman–Crippen LogP) is 5.60. The van der Waals surface area contributed by atoms with Gasteiger partial charge in [0.15, 0.2) is 17.5 Å². The minimum absolute atomic E-state index is 0.123. The number of aromatic nitrogens is 3. The molecule has 0 N–H and O–H groups in total. The molecule has 0 aliphatic carbocycles. The lowest BCUT2D eigenvalue weighted by molar-refractivity contribution is 0.415.